The van der Waals surface area contributed by atoms with Gasteiger partial charge in [-0.15, -0.1) is 0 Å². The fourth-order valence-electron chi connectivity index (χ4n) is 4.81. The Morgan fingerprint density at radius 1 is 1.06 bits per heavy atom. The summed E-state index contributed by atoms with van der Waals surface area (Å²) in [7, 11) is 3.34. The van der Waals surface area contributed by atoms with Crippen LogP contribution in [0.2, 0.25) is 0 Å². The van der Waals surface area contributed by atoms with Crippen molar-refractivity contribution in [1.82, 2.24) is 14.8 Å². The van der Waals surface area contributed by atoms with E-state index in [2.05, 4.69) is 26.9 Å². The Morgan fingerprint density at radius 3 is 2.53 bits per heavy atom. The number of hydrogen-bond donors (Lipinski definition) is 1. The van der Waals surface area contributed by atoms with Crippen LogP contribution in [0.4, 0.5) is 0 Å². The standard InChI is InChI=1S/C27H35N3O4/c1-20-25(27(31)28-22(19-32-2)18-21-8-5-4-6-9-21)23-10-7-11-24(33-3)26(23)30(20)13-12-29-14-16-34-17-15-29/h4-11,22H,12-19H2,1-3H3,(H,28,31)/t22-/m0/s1. The molecule has 0 radical (unpaired) electrons. The number of rotatable bonds is 10. The minimum absolute atomic E-state index is 0.0844. The van der Waals surface area contributed by atoms with E-state index in [9.17, 15) is 4.79 Å². The molecule has 7 heteroatoms. The van der Waals surface area contributed by atoms with Crippen molar-refractivity contribution >= 4 is 16.8 Å². The molecule has 34 heavy (non-hydrogen) atoms. The Labute approximate surface area is 201 Å². The highest BCUT2D eigenvalue weighted by Gasteiger charge is 2.24. The van der Waals surface area contributed by atoms with Gasteiger partial charge in [-0.05, 0) is 25.0 Å². The Kier molecular flexibility index (Phi) is 8.21. The number of amides is 1. The SMILES string of the molecule is COC[C@H](Cc1ccccc1)NC(=O)c1c(C)n(CCN2CCOCC2)c2c(OC)cccc12. The van der Waals surface area contributed by atoms with Gasteiger partial charge in [0, 0.05) is 44.4 Å². The second-order valence-electron chi connectivity index (χ2n) is 8.74. The summed E-state index contributed by atoms with van der Waals surface area (Å²) in [6.45, 7) is 7.54. The molecule has 1 atom stereocenters. The molecule has 2 heterocycles. The largest absolute Gasteiger partial charge is 0.495 e. The van der Waals surface area contributed by atoms with Crippen molar-refractivity contribution in [2.75, 3.05) is 53.7 Å². The van der Waals surface area contributed by atoms with Crippen molar-refractivity contribution < 1.29 is 19.0 Å². The van der Waals surface area contributed by atoms with Crippen LogP contribution in [0.3, 0.4) is 0 Å². The summed E-state index contributed by atoms with van der Waals surface area (Å²) in [6.07, 6.45) is 0.707. The molecule has 1 aliphatic rings. The molecular formula is C27H35N3O4. The maximum atomic E-state index is 13.6. The third kappa shape index (κ3) is 5.43. The van der Waals surface area contributed by atoms with Gasteiger partial charge in [-0.25, -0.2) is 0 Å². The number of benzene rings is 2. The van der Waals surface area contributed by atoms with Gasteiger partial charge in [-0.1, -0.05) is 42.5 Å². The van der Waals surface area contributed by atoms with Crippen molar-refractivity contribution in [1.29, 1.82) is 0 Å². The van der Waals surface area contributed by atoms with Crippen LogP contribution in [-0.2, 0) is 22.4 Å². The molecule has 1 amide bonds. The summed E-state index contributed by atoms with van der Waals surface area (Å²) in [5, 5.41) is 4.14. The molecule has 0 saturated carbocycles. The maximum Gasteiger partial charge on any atom is 0.254 e. The number of morpholine rings is 1. The first-order valence-electron chi connectivity index (χ1n) is 11.9. The molecule has 0 unspecified atom stereocenters. The van der Waals surface area contributed by atoms with Gasteiger partial charge < -0.3 is 24.1 Å². The molecule has 4 rings (SSSR count). The zero-order chi connectivity index (χ0) is 23.9. The summed E-state index contributed by atoms with van der Waals surface area (Å²) in [4.78, 5) is 16.0. The van der Waals surface area contributed by atoms with Gasteiger partial charge >= 0.3 is 0 Å². The lowest BCUT2D eigenvalue weighted by molar-refractivity contribution is 0.0365. The molecule has 0 aliphatic carbocycles. The van der Waals surface area contributed by atoms with Gasteiger partial charge in [0.15, 0.2) is 0 Å². The number of para-hydroxylation sites is 1. The molecule has 1 aliphatic heterocycles. The molecule has 0 bridgehead atoms. The molecule has 0 spiro atoms. The van der Waals surface area contributed by atoms with E-state index < -0.39 is 0 Å². The highest BCUT2D eigenvalue weighted by Crippen LogP contribution is 2.33. The number of nitrogens with one attached hydrogen (secondary N) is 1. The first-order valence-corrected chi connectivity index (χ1v) is 11.9. The smallest absolute Gasteiger partial charge is 0.254 e. The van der Waals surface area contributed by atoms with E-state index in [1.165, 1.54) is 0 Å². The minimum atomic E-state index is -0.128. The summed E-state index contributed by atoms with van der Waals surface area (Å²) < 4.78 is 18.8. The Balaban J connectivity index is 1.62. The number of ether oxygens (including phenoxy) is 3. The zero-order valence-corrected chi connectivity index (χ0v) is 20.4. The van der Waals surface area contributed by atoms with Crippen LogP contribution < -0.4 is 10.1 Å². The number of aromatic nitrogens is 1. The predicted octanol–water partition coefficient (Wildman–Crippen LogP) is 3.28. The van der Waals surface area contributed by atoms with Crippen LogP contribution >= 0.6 is 0 Å². The fourth-order valence-corrected chi connectivity index (χ4v) is 4.81. The average molecular weight is 466 g/mol. The molecule has 1 fully saturated rings. The summed E-state index contributed by atoms with van der Waals surface area (Å²) in [6, 6.07) is 15.9. The lowest BCUT2D eigenvalue weighted by atomic mass is 10.0. The van der Waals surface area contributed by atoms with Gasteiger partial charge in [0.05, 0.1) is 44.1 Å². The van der Waals surface area contributed by atoms with E-state index >= 15 is 0 Å². The Morgan fingerprint density at radius 2 is 1.82 bits per heavy atom. The van der Waals surface area contributed by atoms with E-state index in [0.29, 0.717) is 18.6 Å². The van der Waals surface area contributed by atoms with Crippen LogP contribution in [0.1, 0.15) is 21.6 Å². The number of nitrogens with zero attached hydrogens (tertiary/aromatic N) is 2. The second kappa shape index (κ2) is 11.5. The number of fused-ring (bicyclic) bond motifs is 1. The van der Waals surface area contributed by atoms with Crippen LogP contribution in [0.25, 0.3) is 10.9 Å². The third-order valence-electron chi connectivity index (χ3n) is 6.52. The molecule has 182 valence electrons. The normalized spacial score (nSPS) is 15.4. The summed E-state index contributed by atoms with van der Waals surface area (Å²) in [5.41, 5.74) is 3.77. The van der Waals surface area contributed by atoms with E-state index in [0.717, 1.165) is 67.3 Å². The molecular weight excluding hydrogens is 430 g/mol. The van der Waals surface area contributed by atoms with E-state index in [1.54, 1.807) is 14.2 Å². The Bertz CT molecular complexity index is 1090. The number of carbonyl (C=O) groups excluding carboxylic acids is 1. The van der Waals surface area contributed by atoms with E-state index in [4.69, 9.17) is 14.2 Å². The third-order valence-corrected chi connectivity index (χ3v) is 6.52. The van der Waals surface area contributed by atoms with Crippen LogP contribution in [0.15, 0.2) is 48.5 Å². The molecule has 3 aromatic rings. The van der Waals surface area contributed by atoms with E-state index in [-0.39, 0.29) is 11.9 Å². The second-order valence-corrected chi connectivity index (χ2v) is 8.74. The lowest BCUT2D eigenvalue weighted by Gasteiger charge is -2.27. The first-order chi connectivity index (χ1) is 16.6. The van der Waals surface area contributed by atoms with E-state index in [1.807, 2.05) is 43.3 Å². The average Bonchev–Trinajstić information content (AvgIpc) is 3.15. The van der Waals surface area contributed by atoms with Crippen molar-refractivity contribution in [3.05, 3.63) is 65.4 Å². The van der Waals surface area contributed by atoms with Crippen molar-refractivity contribution in [2.24, 2.45) is 0 Å². The van der Waals surface area contributed by atoms with Crippen molar-refractivity contribution in [2.45, 2.75) is 25.9 Å². The highest BCUT2D eigenvalue weighted by atomic mass is 16.5. The molecule has 1 saturated heterocycles. The molecule has 1 N–H and O–H groups in total. The van der Waals surface area contributed by atoms with Gasteiger partial charge in [0.1, 0.15) is 5.75 Å². The maximum absolute atomic E-state index is 13.6. The topological polar surface area (TPSA) is 65.0 Å². The van der Waals surface area contributed by atoms with Crippen molar-refractivity contribution in [3.63, 3.8) is 0 Å². The molecule has 1 aromatic heterocycles. The number of hydrogen-bond acceptors (Lipinski definition) is 5. The quantitative estimate of drug-likeness (QED) is 0.498. The predicted molar refractivity (Wildman–Crippen MR) is 134 cm³/mol. The number of methoxy groups -OCH3 is 2. The lowest BCUT2D eigenvalue weighted by Crippen LogP contribution is -2.40. The number of carbonyl (C=O) groups is 1. The van der Waals surface area contributed by atoms with Crippen LogP contribution in [0.5, 0.6) is 5.75 Å². The van der Waals surface area contributed by atoms with Crippen LogP contribution in [0, 0.1) is 6.92 Å². The van der Waals surface area contributed by atoms with Gasteiger partial charge in [-0.3, -0.25) is 9.69 Å². The van der Waals surface area contributed by atoms with Gasteiger partial charge in [0.25, 0.3) is 5.91 Å². The van der Waals surface area contributed by atoms with Gasteiger partial charge in [0.2, 0.25) is 0 Å². The monoisotopic (exact) mass is 465 g/mol. The molecule has 2 aromatic carbocycles. The summed E-state index contributed by atoms with van der Waals surface area (Å²) >= 11 is 0. The highest BCUT2D eigenvalue weighted by molar-refractivity contribution is 6.09. The zero-order valence-electron chi connectivity index (χ0n) is 20.4. The fraction of sp³-hybridized carbons (Fsp3) is 0.444. The minimum Gasteiger partial charge on any atom is -0.495 e. The van der Waals surface area contributed by atoms with Crippen molar-refractivity contribution in [3.8, 4) is 5.75 Å². The first kappa shape index (κ1) is 24.3. The molecule has 7 nitrogen and oxygen atoms in total. The Hall–Kier alpha value is -2.87. The summed E-state index contributed by atoms with van der Waals surface area (Å²) in [5.74, 6) is 0.693. The van der Waals surface area contributed by atoms with Crippen LogP contribution in [-0.4, -0.2) is 75.1 Å². The van der Waals surface area contributed by atoms with Gasteiger partial charge in [-0.2, -0.15) is 0 Å².